The van der Waals surface area contributed by atoms with Crippen LogP contribution in [0.5, 0.6) is 0 Å². The number of carboxylic acid groups (broad SMARTS) is 1. The smallest absolute Gasteiger partial charge is 0.550 e. The van der Waals surface area contributed by atoms with Crippen molar-refractivity contribution in [3.05, 3.63) is 0 Å². The van der Waals surface area contributed by atoms with Crippen molar-refractivity contribution in [3.8, 4) is 0 Å². The van der Waals surface area contributed by atoms with Gasteiger partial charge in [0.2, 0.25) is 0 Å². The van der Waals surface area contributed by atoms with E-state index in [1.54, 1.807) is 0 Å². The van der Waals surface area contributed by atoms with Crippen molar-refractivity contribution >= 4 is 11.8 Å². The molecule has 0 spiro atoms. The van der Waals surface area contributed by atoms with E-state index in [9.17, 15) is 30.0 Å². The fourth-order valence-corrected chi connectivity index (χ4v) is 9.41. The first-order valence-electron chi connectivity index (χ1n) is 12.9. The SMILES string of the molecule is C[C@H](CCC(=O)[O-])[C@H]1CCC2C3C(C[C@H](O)[C@@]21C)[C@@]1(C)C(C(=O)CN)C[C@@H](O)C[C@H]1C[C@H]3O.[K+]. The summed E-state index contributed by atoms with van der Waals surface area (Å²) in [7, 11) is 0. The molecule has 0 amide bonds. The molecule has 4 saturated carbocycles. The Morgan fingerprint density at radius 3 is 2.32 bits per heavy atom. The molecule has 0 aromatic rings. The minimum absolute atomic E-state index is 0. The van der Waals surface area contributed by atoms with Crippen molar-refractivity contribution in [1.29, 1.82) is 0 Å². The summed E-state index contributed by atoms with van der Waals surface area (Å²) in [4.78, 5) is 24.0. The molecular formula is C26H42KNO6. The van der Waals surface area contributed by atoms with Crippen LogP contribution in [0, 0.1) is 52.3 Å². The Balaban J connectivity index is 0.00000324. The van der Waals surface area contributed by atoms with Gasteiger partial charge in [-0.2, -0.15) is 0 Å². The Kier molecular flexibility index (Phi) is 9.24. The van der Waals surface area contributed by atoms with E-state index in [1.165, 1.54) is 0 Å². The predicted octanol–water partition coefficient (Wildman–Crippen LogP) is -2.13. The second-order valence-corrected chi connectivity index (χ2v) is 12.2. The van der Waals surface area contributed by atoms with Gasteiger partial charge < -0.3 is 31.0 Å². The molecule has 34 heavy (non-hydrogen) atoms. The number of carbonyl (C=O) groups is 2. The largest absolute Gasteiger partial charge is 1.00 e. The molecule has 0 saturated heterocycles. The molecule has 0 aromatic carbocycles. The molecule has 0 aromatic heterocycles. The standard InChI is InChI=1S/C26H43NO6.K/c1-13(4-7-23(32)33)16-5-6-17-24-19(11-22(31)26(16,17)3)25(2)14(9-20(24)29)8-15(28)10-18(25)21(30)12-27;/h13-20,22,24,28-29,31H,4-12,27H2,1-3H3,(H,32,33);/q;+1/p-1/t13-,14+,15+,16-,17?,18?,19?,20-,22+,24?,25-,26-;/m1./s1. The summed E-state index contributed by atoms with van der Waals surface area (Å²) in [5.41, 5.74) is 4.99. The van der Waals surface area contributed by atoms with Gasteiger partial charge in [0.15, 0.2) is 0 Å². The molecule has 4 unspecified atom stereocenters. The summed E-state index contributed by atoms with van der Waals surface area (Å²) in [5, 5.41) is 44.6. The van der Waals surface area contributed by atoms with Crippen molar-refractivity contribution in [2.24, 2.45) is 58.0 Å². The van der Waals surface area contributed by atoms with Gasteiger partial charge in [0.25, 0.3) is 0 Å². The Hall–Kier alpha value is 0.616. The van der Waals surface area contributed by atoms with E-state index >= 15 is 0 Å². The van der Waals surface area contributed by atoms with E-state index in [-0.39, 0.29) is 112 Å². The van der Waals surface area contributed by atoms with Gasteiger partial charge in [-0.1, -0.05) is 20.8 Å². The molecule has 7 nitrogen and oxygen atoms in total. The van der Waals surface area contributed by atoms with E-state index in [0.717, 1.165) is 12.8 Å². The molecule has 0 bridgehead atoms. The monoisotopic (exact) mass is 503 g/mol. The molecule has 0 aliphatic heterocycles. The van der Waals surface area contributed by atoms with Gasteiger partial charge in [0, 0.05) is 11.9 Å². The molecule has 0 radical (unpaired) electrons. The third-order valence-electron chi connectivity index (χ3n) is 11.1. The van der Waals surface area contributed by atoms with Crippen LogP contribution >= 0.6 is 0 Å². The van der Waals surface area contributed by atoms with Gasteiger partial charge in [0.05, 0.1) is 24.9 Å². The second-order valence-electron chi connectivity index (χ2n) is 12.2. The van der Waals surface area contributed by atoms with Gasteiger partial charge in [-0.3, -0.25) is 4.79 Å². The van der Waals surface area contributed by atoms with Crippen LogP contribution in [0.1, 0.15) is 72.1 Å². The van der Waals surface area contributed by atoms with Gasteiger partial charge in [-0.25, -0.2) is 0 Å². The number of aliphatic hydroxyl groups is 3. The summed E-state index contributed by atoms with van der Waals surface area (Å²) in [5.74, 6) is -0.974. The van der Waals surface area contributed by atoms with Gasteiger partial charge in [-0.15, -0.1) is 0 Å². The first-order chi connectivity index (χ1) is 15.5. The van der Waals surface area contributed by atoms with Crippen molar-refractivity contribution in [2.45, 2.75) is 90.4 Å². The number of hydrogen-bond donors (Lipinski definition) is 4. The maximum Gasteiger partial charge on any atom is 1.00 e. The first-order valence-corrected chi connectivity index (χ1v) is 12.9. The van der Waals surface area contributed by atoms with Crippen molar-refractivity contribution < 1.29 is 81.4 Å². The Bertz CT molecular complexity index is 780. The average molecular weight is 504 g/mol. The summed E-state index contributed by atoms with van der Waals surface area (Å²) in [6, 6.07) is 0. The molecule has 12 atom stereocenters. The van der Waals surface area contributed by atoms with E-state index < -0.39 is 35.1 Å². The summed E-state index contributed by atoms with van der Waals surface area (Å²) >= 11 is 0. The minimum atomic E-state index is -1.04. The first kappa shape index (κ1) is 29.2. The van der Waals surface area contributed by atoms with Crippen LogP contribution in [-0.4, -0.2) is 51.9 Å². The average Bonchev–Trinajstić information content (AvgIpc) is 3.11. The van der Waals surface area contributed by atoms with Gasteiger partial charge in [0.1, 0.15) is 5.78 Å². The van der Waals surface area contributed by atoms with Crippen LogP contribution in [0.4, 0.5) is 0 Å². The fraction of sp³-hybridized carbons (Fsp3) is 0.923. The number of hydrogen-bond acceptors (Lipinski definition) is 7. The topological polar surface area (TPSA) is 144 Å². The molecule has 8 heteroatoms. The van der Waals surface area contributed by atoms with Crippen LogP contribution in [0.15, 0.2) is 0 Å². The maximum absolute atomic E-state index is 13.0. The Morgan fingerprint density at radius 2 is 1.71 bits per heavy atom. The summed E-state index contributed by atoms with van der Waals surface area (Å²) in [6.45, 7) is 6.31. The number of carbonyl (C=O) groups excluding carboxylic acids is 2. The number of aliphatic carboxylic acids is 1. The normalized spacial score (nSPS) is 48.6. The molecule has 4 aliphatic carbocycles. The number of Topliss-reactive ketones (excluding diaryl/α,β-unsaturated/α-hetero) is 1. The second kappa shape index (κ2) is 10.8. The number of aliphatic hydroxyl groups excluding tert-OH is 3. The number of nitrogens with two attached hydrogens (primary N) is 1. The van der Waals surface area contributed by atoms with Crippen molar-refractivity contribution in [2.75, 3.05) is 6.54 Å². The minimum Gasteiger partial charge on any atom is -0.550 e. The molecule has 0 heterocycles. The maximum atomic E-state index is 13.0. The van der Waals surface area contributed by atoms with Gasteiger partial charge in [-0.05, 0) is 97.7 Å². The summed E-state index contributed by atoms with van der Waals surface area (Å²) in [6.07, 6.45) is 2.76. The molecule has 188 valence electrons. The van der Waals surface area contributed by atoms with Crippen molar-refractivity contribution in [1.82, 2.24) is 0 Å². The number of rotatable bonds is 6. The third-order valence-corrected chi connectivity index (χ3v) is 11.1. The van der Waals surface area contributed by atoms with E-state index in [2.05, 4.69) is 20.8 Å². The quantitative estimate of drug-likeness (QED) is 0.303. The molecule has 4 rings (SSSR count). The zero-order chi connectivity index (χ0) is 24.3. The van der Waals surface area contributed by atoms with Gasteiger partial charge >= 0.3 is 51.4 Å². The molecule has 4 aliphatic rings. The Morgan fingerprint density at radius 1 is 1.03 bits per heavy atom. The van der Waals surface area contributed by atoms with Crippen LogP contribution in [0.2, 0.25) is 0 Å². The van der Waals surface area contributed by atoms with Crippen LogP contribution in [0.25, 0.3) is 0 Å². The van der Waals surface area contributed by atoms with E-state index in [0.29, 0.717) is 32.1 Å². The number of fused-ring (bicyclic) bond motifs is 5. The number of carboxylic acids is 1. The van der Waals surface area contributed by atoms with Crippen LogP contribution in [-0.2, 0) is 9.59 Å². The fourth-order valence-electron chi connectivity index (χ4n) is 9.41. The van der Waals surface area contributed by atoms with Crippen LogP contribution in [0.3, 0.4) is 0 Å². The Labute approximate surface area is 246 Å². The third kappa shape index (κ3) is 4.55. The molecule has 4 fully saturated rings. The zero-order valence-electron chi connectivity index (χ0n) is 21.3. The molecular weight excluding hydrogens is 461 g/mol. The number of ketones is 1. The predicted molar refractivity (Wildman–Crippen MR) is 120 cm³/mol. The van der Waals surface area contributed by atoms with Crippen molar-refractivity contribution in [3.63, 3.8) is 0 Å². The van der Waals surface area contributed by atoms with Crippen LogP contribution < -0.4 is 62.2 Å². The zero-order valence-corrected chi connectivity index (χ0v) is 24.4. The van der Waals surface area contributed by atoms with E-state index in [1.807, 2.05) is 0 Å². The van der Waals surface area contributed by atoms with E-state index in [4.69, 9.17) is 5.73 Å². The summed E-state index contributed by atoms with van der Waals surface area (Å²) < 4.78 is 0. The molecule has 5 N–H and O–H groups in total.